The summed E-state index contributed by atoms with van der Waals surface area (Å²) in [6.07, 6.45) is 8.28. The van der Waals surface area contributed by atoms with Crippen LogP contribution in [0.25, 0.3) is 0 Å². The van der Waals surface area contributed by atoms with Gasteiger partial charge in [0, 0.05) is 31.1 Å². The maximum Gasteiger partial charge on any atom is 0.318 e. The molecule has 4 rings (SSSR count). The lowest BCUT2D eigenvalue weighted by Crippen LogP contribution is -2.45. The second-order valence-electron chi connectivity index (χ2n) is 7.93. The summed E-state index contributed by atoms with van der Waals surface area (Å²) in [4.78, 5) is 21.6. The van der Waals surface area contributed by atoms with Gasteiger partial charge in [-0.3, -0.25) is 4.90 Å². The Bertz CT molecular complexity index is 612. The molecule has 7 heteroatoms. The van der Waals surface area contributed by atoms with Crippen LogP contribution in [0.2, 0.25) is 0 Å². The van der Waals surface area contributed by atoms with Crippen LogP contribution < -0.4 is 5.32 Å². The number of amides is 2. The van der Waals surface area contributed by atoms with Crippen molar-refractivity contribution in [2.45, 2.75) is 75.9 Å². The van der Waals surface area contributed by atoms with Crippen LogP contribution in [0.4, 0.5) is 4.79 Å². The molecule has 0 aromatic carbocycles. The largest absolute Gasteiger partial charge is 0.337 e. The minimum absolute atomic E-state index is 0.0194. The van der Waals surface area contributed by atoms with E-state index in [1.54, 1.807) is 0 Å². The third-order valence-electron chi connectivity index (χ3n) is 6.32. The molecule has 7 nitrogen and oxygen atoms in total. The molecular weight excluding hydrogens is 318 g/mol. The smallest absolute Gasteiger partial charge is 0.318 e. The second kappa shape index (κ2) is 6.94. The number of aromatic nitrogens is 2. The third kappa shape index (κ3) is 3.38. The van der Waals surface area contributed by atoms with Gasteiger partial charge in [-0.1, -0.05) is 18.0 Å². The molecule has 2 aliphatic heterocycles. The van der Waals surface area contributed by atoms with Crippen LogP contribution in [-0.4, -0.2) is 58.2 Å². The Kier molecular flexibility index (Phi) is 4.67. The molecule has 1 saturated carbocycles. The number of fused-ring (bicyclic) bond motifs is 2. The number of nitrogens with one attached hydrogen (secondary N) is 1. The van der Waals surface area contributed by atoms with Crippen molar-refractivity contribution in [1.29, 1.82) is 0 Å². The zero-order chi connectivity index (χ0) is 17.4. The van der Waals surface area contributed by atoms with Crippen LogP contribution in [-0.2, 0) is 0 Å². The van der Waals surface area contributed by atoms with Crippen molar-refractivity contribution in [3.63, 3.8) is 0 Å². The first kappa shape index (κ1) is 16.8. The molecule has 3 fully saturated rings. The summed E-state index contributed by atoms with van der Waals surface area (Å²) in [5.74, 6) is 1.75. The number of likely N-dealkylation sites (N-methyl/N-ethyl adjacent to an activating group) is 1. The van der Waals surface area contributed by atoms with Crippen molar-refractivity contribution in [1.82, 2.24) is 25.3 Å². The number of carbonyl (C=O) groups excluding carboxylic acids is 1. The zero-order valence-electron chi connectivity index (χ0n) is 15.3. The Morgan fingerprint density at radius 3 is 2.76 bits per heavy atom. The summed E-state index contributed by atoms with van der Waals surface area (Å²) in [5, 5.41) is 7.18. The molecule has 0 radical (unpaired) electrons. The normalized spacial score (nSPS) is 29.0. The number of urea groups is 1. The quantitative estimate of drug-likeness (QED) is 0.910. The van der Waals surface area contributed by atoms with Crippen molar-refractivity contribution in [2.24, 2.45) is 0 Å². The average molecular weight is 347 g/mol. The molecule has 3 heterocycles. The van der Waals surface area contributed by atoms with Crippen molar-refractivity contribution in [2.75, 3.05) is 20.1 Å². The fourth-order valence-corrected chi connectivity index (χ4v) is 4.60. The fraction of sp³-hybridized carbons (Fsp3) is 0.833. The number of nitrogens with zero attached hydrogens (tertiary/aromatic N) is 4. The molecule has 0 unspecified atom stereocenters. The topological polar surface area (TPSA) is 74.5 Å². The van der Waals surface area contributed by atoms with Crippen LogP contribution in [0.15, 0.2) is 4.52 Å². The summed E-state index contributed by atoms with van der Waals surface area (Å²) < 4.78 is 5.42. The third-order valence-corrected chi connectivity index (χ3v) is 6.32. The van der Waals surface area contributed by atoms with Crippen molar-refractivity contribution >= 4 is 6.03 Å². The molecule has 0 spiro atoms. The first-order chi connectivity index (χ1) is 12.1. The van der Waals surface area contributed by atoms with Gasteiger partial charge in [-0.25, -0.2) is 4.79 Å². The summed E-state index contributed by atoms with van der Waals surface area (Å²) in [6.45, 7) is 3.55. The van der Waals surface area contributed by atoms with Gasteiger partial charge in [-0.2, -0.15) is 4.98 Å². The van der Waals surface area contributed by atoms with E-state index in [0.717, 1.165) is 38.2 Å². The molecule has 2 saturated heterocycles. The number of rotatable bonds is 3. The van der Waals surface area contributed by atoms with Gasteiger partial charge in [0.15, 0.2) is 5.82 Å². The van der Waals surface area contributed by atoms with Gasteiger partial charge in [-0.15, -0.1) is 0 Å². The molecule has 2 amide bonds. The number of hydrogen-bond acceptors (Lipinski definition) is 5. The minimum Gasteiger partial charge on any atom is -0.337 e. The van der Waals surface area contributed by atoms with Gasteiger partial charge in [0.1, 0.15) is 6.04 Å². The number of likely N-dealkylation sites (tertiary alicyclic amines) is 1. The van der Waals surface area contributed by atoms with Crippen molar-refractivity contribution < 1.29 is 9.32 Å². The Morgan fingerprint density at radius 1 is 1.20 bits per heavy atom. The SMILES string of the molecule is C[C@H](NC(=O)N1CC[C@H]2CC[C@@H](C1)N2C)c1nc(C2CCCC2)no1. The maximum absolute atomic E-state index is 12.7. The van der Waals surface area contributed by atoms with E-state index in [0.29, 0.717) is 23.9 Å². The molecule has 1 N–H and O–H groups in total. The highest BCUT2D eigenvalue weighted by atomic mass is 16.5. The van der Waals surface area contributed by atoms with E-state index in [-0.39, 0.29) is 12.1 Å². The van der Waals surface area contributed by atoms with Gasteiger partial charge in [0.05, 0.1) is 0 Å². The molecule has 1 aromatic heterocycles. The number of hydrogen-bond donors (Lipinski definition) is 1. The lowest BCUT2D eigenvalue weighted by molar-refractivity contribution is 0.183. The molecule has 3 atom stereocenters. The highest BCUT2D eigenvalue weighted by Gasteiger charge is 2.36. The van der Waals surface area contributed by atoms with Gasteiger partial charge in [0.25, 0.3) is 0 Å². The highest BCUT2D eigenvalue weighted by Crippen LogP contribution is 2.33. The van der Waals surface area contributed by atoms with Crippen molar-refractivity contribution in [3.8, 4) is 0 Å². The average Bonchev–Trinajstić information content (AvgIpc) is 3.29. The first-order valence-corrected chi connectivity index (χ1v) is 9.72. The first-order valence-electron chi connectivity index (χ1n) is 9.72. The van der Waals surface area contributed by atoms with Crippen molar-refractivity contribution in [3.05, 3.63) is 11.7 Å². The summed E-state index contributed by atoms with van der Waals surface area (Å²) in [6, 6.07) is 0.846. The lowest BCUT2D eigenvalue weighted by Gasteiger charge is -2.26. The van der Waals surface area contributed by atoms with Crippen LogP contribution in [0, 0.1) is 0 Å². The van der Waals surface area contributed by atoms with E-state index >= 15 is 0 Å². The van der Waals surface area contributed by atoms with Crippen LogP contribution in [0.5, 0.6) is 0 Å². The Morgan fingerprint density at radius 2 is 1.96 bits per heavy atom. The van der Waals surface area contributed by atoms with Crippen LogP contribution >= 0.6 is 0 Å². The maximum atomic E-state index is 12.7. The fourth-order valence-electron chi connectivity index (χ4n) is 4.60. The van der Waals surface area contributed by atoms with E-state index in [2.05, 4.69) is 27.4 Å². The molecule has 1 aromatic rings. The Hall–Kier alpha value is -1.63. The van der Waals surface area contributed by atoms with Crippen LogP contribution in [0.3, 0.4) is 0 Å². The standard InChI is InChI=1S/C18H29N5O2/c1-12(17-20-16(21-25-17)13-5-3-4-6-13)19-18(24)23-10-9-14-7-8-15(11-23)22(14)2/h12-15H,3-11H2,1-2H3,(H,19,24)/t12-,14+,15-/m0/s1. The Balaban J connectivity index is 1.35. The lowest BCUT2D eigenvalue weighted by atomic mass is 10.1. The molecule has 25 heavy (non-hydrogen) atoms. The molecular formula is C18H29N5O2. The monoisotopic (exact) mass is 347 g/mol. The van der Waals surface area contributed by atoms with E-state index in [1.807, 2.05) is 11.8 Å². The summed E-state index contributed by atoms with van der Waals surface area (Å²) >= 11 is 0. The molecule has 3 aliphatic rings. The minimum atomic E-state index is -0.256. The molecule has 138 valence electrons. The number of carbonyl (C=O) groups is 1. The van der Waals surface area contributed by atoms with E-state index in [1.165, 1.54) is 25.7 Å². The van der Waals surface area contributed by atoms with E-state index < -0.39 is 0 Å². The van der Waals surface area contributed by atoms with Gasteiger partial charge >= 0.3 is 6.03 Å². The van der Waals surface area contributed by atoms with Gasteiger partial charge in [0.2, 0.25) is 5.89 Å². The predicted octanol–water partition coefficient (Wildman–Crippen LogP) is 2.67. The predicted molar refractivity (Wildman–Crippen MR) is 93.2 cm³/mol. The summed E-state index contributed by atoms with van der Waals surface area (Å²) in [7, 11) is 2.19. The van der Waals surface area contributed by atoms with Gasteiger partial charge in [-0.05, 0) is 46.1 Å². The molecule has 1 aliphatic carbocycles. The summed E-state index contributed by atoms with van der Waals surface area (Å²) in [5.41, 5.74) is 0. The molecule has 2 bridgehead atoms. The highest BCUT2D eigenvalue weighted by molar-refractivity contribution is 5.74. The van der Waals surface area contributed by atoms with Gasteiger partial charge < -0.3 is 14.7 Å². The zero-order valence-corrected chi connectivity index (χ0v) is 15.3. The van der Waals surface area contributed by atoms with Crippen LogP contribution in [0.1, 0.15) is 75.5 Å². The second-order valence-corrected chi connectivity index (χ2v) is 7.93. The van der Waals surface area contributed by atoms with E-state index in [4.69, 9.17) is 4.52 Å². The Labute approximate surface area is 149 Å². The van der Waals surface area contributed by atoms with E-state index in [9.17, 15) is 4.79 Å².